The van der Waals surface area contributed by atoms with E-state index in [2.05, 4.69) is 23.7 Å². The van der Waals surface area contributed by atoms with Crippen molar-refractivity contribution in [3.63, 3.8) is 0 Å². The average Bonchev–Trinajstić information content (AvgIpc) is 2.83. The molecule has 2 nitrogen and oxygen atoms in total. The Bertz CT molecular complexity index is 337. The van der Waals surface area contributed by atoms with Crippen molar-refractivity contribution in [1.82, 2.24) is 5.32 Å². The average molecular weight is 253 g/mol. The normalized spacial score (nSPS) is 21.2. The van der Waals surface area contributed by atoms with E-state index in [1.54, 1.807) is 4.88 Å². The molecule has 0 amide bonds. The van der Waals surface area contributed by atoms with E-state index in [4.69, 9.17) is 5.11 Å². The smallest absolute Gasteiger partial charge is 0.0456 e. The van der Waals surface area contributed by atoms with Gasteiger partial charge in [0.2, 0.25) is 0 Å². The molecule has 3 heteroatoms. The lowest BCUT2D eigenvalue weighted by molar-refractivity contribution is 0.227. The summed E-state index contributed by atoms with van der Waals surface area (Å²) >= 11 is 1.90. The fourth-order valence-electron chi connectivity index (χ4n) is 2.52. The van der Waals surface area contributed by atoms with Crippen molar-refractivity contribution < 1.29 is 5.11 Å². The molecule has 17 heavy (non-hydrogen) atoms. The molecule has 0 saturated heterocycles. The Balaban J connectivity index is 1.74. The highest BCUT2D eigenvalue weighted by molar-refractivity contribution is 7.10. The van der Waals surface area contributed by atoms with Gasteiger partial charge in [0.05, 0.1) is 0 Å². The van der Waals surface area contributed by atoms with Gasteiger partial charge in [-0.3, -0.25) is 0 Å². The Morgan fingerprint density at radius 3 is 3.29 bits per heavy atom. The molecule has 96 valence electrons. The highest BCUT2D eigenvalue weighted by atomic mass is 32.1. The van der Waals surface area contributed by atoms with Crippen LogP contribution in [0.3, 0.4) is 0 Å². The van der Waals surface area contributed by atoms with Gasteiger partial charge < -0.3 is 10.4 Å². The van der Waals surface area contributed by atoms with Crippen LogP contribution in [0.4, 0.5) is 0 Å². The molecule has 0 radical (unpaired) electrons. The van der Waals surface area contributed by atoms with Crippen LogP contribution in [-0.2, 0) is 6.42 Å². The van der Waals surface area contributed by atoms with Crippen molar-refractivity contribution >= 4 is 11.3 Å². The second-order valence-electron chi connectivity index (χ2n) is 5.13. The Hall–Kier alpha value is -0.380. The predicted octanol–water partition coefficient (Wildman–Crippen LogP) is 3.12. The maximum atomic E-state index is 8.97. The summed E-state index contributed by atoms with van der Waals surface area (Å²) in [5.41, 5.74) is 1.54. The topological polar surface area (TPSA) is 32.3 Å². The first-order valence-electron chi connectivity index (χ1n) is 6.71. The number of hydrogen-bond donors (Lipinski definition) is 2. The molecule has 2 rings (SSSR count). The highest BCUT2D eigenvalue weighted by Crippen LogP contribution is 2.33. The number of aryl methyl sites for hydroxylation is 1. The predicted molar refractivity (Wildman–Crippen MR) is 73.5 cm³/mol. The largest absolute Gasteiger partial charge is 0.396 e. The van der Waals surface area contributed by atoms with Crippen molar-refractivity contribution in [2.45, 2.75) is 45.1 Å². The molecule has 0 saturated carbocycles. The second-order valence-corrected chi connectivity index (χ2v) is 6.13. The van der Waals surface area contributed by atoms with Crippen molar-refractivity contribution in [2.24, 2.45) is 5.92 Å². The first kappa shape index (κ1) is 13.1. The summed E-state index contributed by atoms with van der Waals surface area (Å²) in [6.07, 6.45) is 6.15. The fraction of sp³-hybridized carbons (Fsp3) is 0.714. The van der Waals surface area contributed by atoms with E-state index in [9.17, 15) is 0 Å². The van der Waals surface area contributed by atoms with Gasteiger partial charge in [-0.05, 0) is 61.6 Å². The van der Waals surface area contributed by atoms with Crippen molar-refractivity contribution in [3.8, 4) is 0 Å². The highest BCUT2D eigenvalue weighted by Gasteiger charge is 2.20. The third-order valence-corrected chi connectivity index (χ3v) is 4.62. The molecule has 1 aromatic heterocycles. The lowest BCUT2D eigenvalue weighted by Gasteiger charge is -2.24. The number of nitrogens with one attached hydrogen (secondary N) is 1. The molecule has 0 aliphatic heterocycles. The zero-order valence-electron chi connectivity index (χ0n) is 10.6. The van der Waals surface area contributed by atoms with Gasteiger partial charge in [0.15, 0.2) is 0 Å². The molecule has 0 bridgehead atoms. The molecule has 1 aliphatic carbocycles. The molecule has 2 unspecified atom stereocenters. The minimum atomic E-state index is 0.318. The van der Waals surface area contributed by atoms with Crippen LogP contribution >= 0.6 is 11.3 Å². The Kier molecular flexibility index (Phi) is 5.01. The number of hydrogen-bond acceptors (Lipinski definition) is 3. The summed E-state index contributed by atoms with van der Waals surface area (Å²) < 4.78 is 0. The van der Waals surface area contributed by atoms with E-state index >= 15 is 0 Å². The summed E-state index contributed by atoms with van der Waals surface area (Å²) in [5, 5.41) is 14.9. The van der Waals surface area contributed by atoms with Crippen LogP contribution in [0.1, 0.15) is 49.1 Å². The molecule has 1 aliphatic rings. The van der Waals surface area contributed by atoms with Crippen LogP contribution in [0, 0.1) is 5.92 Å². The molecule has 0 fully saturated rings. The lowest BCUT2D eigenvalue weighted by atomic mass is 9.94. The molecule has 2 atom stereocenters. The van der Waals surface area contributed by atoms with Gasteiger partial charge in [0.25, 0.3) is 0 Å². The van der Waals surface area contributed by atoms with Gasteiger partial charge in [-0.1, -0.05) is 6.92 Å². The van der Waals surface area contributed by atoms with Gasteiger partial charge in [-0.25, -0.2) is 0 Å². The van der Waals surface area contributed by atoms with Crippen LogP contribution in [0.2, 0.25) is 0 Å². The van der Waals surface area contributed by atoms with Gasteiger partial charge in [0.1, 0.15) is 0 Å². The van der Waals surface area contributed by atoms with E-state index in [0.29, 0.717) is 18.6 Å². The molecular weight excluding hydrogens is 230 g/mol. The van der Waals surface area contributed by atoms with E-state index in [1.807, 2.05) is 11.3 Å². The minimum absolute atomic E-state index is 0.318. The first-order chi connectivity index (χ1) is 8.31. The van der Waals surface area contributed by atoms with Crippen LogP contribution in [0.5, 0.6) is 0 Å². The summed E-state index contributed by atoms with van der Waals surface area (Å²) in [6, 6.07) is 2.86. The van der Waals surface area contributed by atoms with Gasteiger partial charge in [-0.2, -0.15) is 0 Å². The minimum Gasteiger partial charge on any atom is -0.396 e. The second kappa shape index (κ2) is 6.53. The van der Waals surface area contributed by atoms with Gasteiger partial charge in [-0.15, -0.1) is 11.3 Å². The van der Waals surface area contributed by atoms with Crippen molar-refractivity contribution in [3.05, 3.63) is 21.9 Å². The van der Waals surface area contributed by atoms with Gasteiger partial charge >= 0.3 is 0 Å². The zero-order chi connectivity index (χ0) is 12.1. The quantitative estimate of drug-likeness (QED) is 0.763. The van der Waals surface area contributed by atoms with Crippen LogP contribution < -0.4 is 5.32 Å². The molecule has 1 aromatic rings. The summed E-state index contributed by atoms with van der Waals surface area (Å²) in [5.74, 6) is 0.444. The van der Waals surface area contributed by atoms with Crippen LogP contribution in [0.25, 0.3) is 0 Å². The maximum absolute atomic E-state index is 8.97. The van der Waals surface area contributed by atoms with Crippen LogP contribution in [-0.4, -0.2) is 18.3 Å². The van der Waals surface area contributed by atoms with Crippen LogP contribution in [0.15, 0.2) is 11.4 Å². The van der Waals surface area contributed by atoms with Gasteiger partial charge in [0, 0.05) is 17.5 Å². The summed E-state index contributed by atoms with van der Waals surface area (Å²) in [6.45, 7) is 3.50. The van der Waals surface area contributed by atoms with E-state index in [1.165, 1.54) is 24.8 Å². The lowest BCUT2D eigenvalue weighted by Crippen LogP contribution is -2.25. The molecular formula is C14H23NOS. The van der Waals surface area contributed by atoms with E-state index < -0.39 is 0 Å². The molecule has 0 aromatic carbocycles. The Morgan fingerprint density at radius 2 is 2.47 bits per heavy atom. The van der Waals surface area contributed by atoms with E-state index in [-0.39, 0.29) is 0 Å². The third kappa shape index (κ3) is 3.54. The summed E-state index contributed by atoms with van der Waals surface area (Å²) in [7, 11) is 0. The zero-order valence-corrected chi connectivity index (χ0v) is 11.4. The standard InChI is InChI=1S/C14H23NOS/c1-11(10-16)4-3-8-15-13-5-2-6-14-12(13)7-9-17-14/h7,9,11,13,15-16H,2-6,8,10H2,1H3. The Labute approximate surface area is 108 Å². The molecule has 1 heterocycles. The fourth-order valence-corrected chi connectivity index (χ4v) is 3.50. The first-order valence-corrected chi connectivity index (χ1v) is 7.59. The number of aliphatic hydroxyl groups is 1. The third-order valence-electron chi connectivity index (χ3n) is 3.63. The van der Waals surface area contributed by atoms with Crippen molar-refractivity contribution in [1.29, 1.82) is 0 Å². The number of rotatable bonds is 6. The van der Waals surface area contributed by atoms with Crippen molar-refractivity contribution in [2.75, 3.05) is 13.2 Å². The molecule has 0 spiro atoms. The number of fused-ring (bicyclic) bond motifs is 1. The SMILES string of the molecule is CC(CO)CCCNC1CCCc2sccc21. The number of aliphatic hydroxyl groups excluding tert-OH is 1. The maximum Gasteiger partial charge on any atom is 0.0456 e. The molecule has 2 N–H and O–H groups in total. The summed E-state index contributed by atoms with van der Waals surface area (Å²) in [4.78, 5) is 1.58. The monoisotopic (exact) mass is 253 g/mol. The van der Waals surface area contributed by atoms with E-state index in [0.717, 1.165) is 19.4 Å². The Morgan fingerprint density at radius 1 is 1.59 bits per heavy atom. The number of thiophene rings is 1.